The van der Waals surface area contributed by atoms with Crippen molar-refractivity contribution in [1.29, 1.82) is 0 Å². The van der Waals surface area contributed by atoms with Crippen LogP contribution in [-0.2, 0) is 9.59 Å². The molecule has 2 atom stereocenters. The SMILES string of the molecule is CCCCC(C)C(=O)NC(CC)C(=O)O. The molecule has 0 aromatic rings. The van der Waals surface area contributed by atoms with Crippen LogP contribution >= 0.6 is 0 Å². The van der Waals surface area contributed by atoms with Gasteiger partial charge in [0.05, 0.1) is 0 Å². The molecule has 15 heavy (non-hydrogen) atoms. The molecule has 0 spiro atoms. The molecule has 1 amide bonds. The molecule has 2 N–H and O–H groups in total. The number of rotatable bonds is 7. The summed E-state index contributed by atoms with van der Waals surface area (Å²) in [4.78, 5) is 22.2. The Morgan fingerprint density at radius 1 is 1.33 bits per heavy atom. The zero-order chi connectivity index (χ0) is 11.8. The van der Waals surface area contributed by atoms with Crippen LogP contribution < -0.4 is 5.32 Å². The maximum Gasteiger partial charge on any atom is 0.326 e. The highest BCUT2D eigenvalue weighted by molar-refractivity contribution is 5.84. The van der Waals surface area contributed by atoms with Gasteiger partial charge in [-0.2, -0.15) is 0 Å². The maximum atomic E-state index is 11.5. The number of hydrogen-bond donors (Lipinski definition) is 2. The molecular formula is C11H21NO3. The van der Waals surface area contributed by atoms with Gasteiger partial charge in [-0.1, -0.05) is 33.6 Å². The van der Waals surface area contributed by atoms with Gasteiger partial charge >= 0.3 is 5.97 Å². The van der Waals surface area contributed by atoms with Gasteiger partial charge in [0.1, 0.15) is 6.04 Å². The molecule has 4 nitrogen and oxygen atoms in total. The summed E-state index contributed by atoms with van der Waals surface area (Å²) in [6.07, 6.45) is 3.28. The lowest BCUT2D eigenvalue weighted by Gasteiger charge is -2.16. The number of carbonyl (C=O) groups excluding carboxylic acids is 1. The zero-order valence-electron chi connectivity index (χ0n) is 9.75. The summed E-state index contributed by atoms with van der Waals surface area (Å²) in [6, 6.07) is -0.749. The molecule has 2 unspecified atom stereocenters. The number of carboxylic acids is 1. The highest BCUT2D eigenvalue weighted by Crippen LogP contribution is 2.08. The molecule has 0 rings (SSSR count). The minimum Gasteiger partial charge on any atom is -0.480 e. The number of hydrogen-bond acceptors (Lipinski definition) is 2. The first kappa shape index (κ1) is 13.9. The van der Waals surface area contributed by atoms with Crippen LogP contribution in [0.3, 0.4) is 0 Å². The fourth-order valence-corrected chi connectivity index (χ4v) is 1.29. The van der Waals surface area contributed by atoms with Crippen LogP contribution in [0.5, 0.6) is 0 Å². The van der Waals surface area contributed by atoms with Gasteiger partial charge in [0.15, 0.2) is 0 Å². The third-order valence-electron chi connectivity index (χ3n) is 2.46. The van der Waals surface area contributed by atoms with E-state index in [1.54, 1.807) is 6.92 Å². The molecule has 0 heterocycles. The Morgan fingerprint density at radius 3 is 2.33 bits per heavy atom. The molecule has 4 heteroatoms. The molecule has 0 aromatic carbocycles. The number of aliphatic carboxylic acids is 1. The van der Waals surface area contributed by atoms with E-state index in [-0.39, 0.29) is 11.8 Å². The van der Waals surface area contributed by atoms with Gasteiger partial charge < -0.3 is 10.4 Å². The molecule has 0 aliphatic heterocycles. The monoisotopic (exact) mass is 215 g/mol. The topological polar surface area (TPSA) is 66.4 Å². The lowest BCUT2D eigenvalue weighted by atomic mass is 10.0. The first-order valence-electron chi connectivity index (χ1n) is 5.56. The van der Waals surface area contributed by atoms with Gasteiger partial charge in [0.2, 0.25) is 5.91 Å². The fraction of sp³-hybridized carbons (Fsp3) is 0.818. The summed E-state index contributed by atoms with van der Waals surface area (Å²) in [5.41, 5.74) is 0. The van der Waals surface area contributed by atoms with Crippen molar-refractivity contribution in [3.63, 3.8) is 0 Å². The molecule has 0 fully saturated rings. The standard InChI is InChI=1S/C11H21NO3/c1-4-6-7-8(3)10(13)12-9(5-2)11(14)15/h8-9H,4-7H2,1-3H3,(H,12,13)(H,14,15). The van der Waals surface area contributed by atoms with Crippen molar-refractivity contribution in [1.82, 2.24) is 5.32 Å². The van der Waals surface area contributed by atoms with Gasteiger partial charge in [-0.05, 0) is 12.8 Å². The average molecular weight is 215 g/mol. The predicted octanol–water partition coefficient (Wildman–Crippen LogP) is 1.79. The summed E-state index contributed by atoms with van der Waals surface area (Å²) in [7, 11) is 0. The Labute approximate surface area is 91.1 Å². The lowest BCUT2D eigenvalue weighted by molar-refractivity contribution is -0.142. The zero-order valence-corrected chi connectivity index (χ0v) is 9.75. The van der Waals surface area contributed by atoms with Gasteiger partial charge in [-0.25, -0.2) is 4.79 Å². The minimum absolute atomic E-state index is 0.0988. The molecule has 0 saturated heterocycles. The van der Waals surface area contributed by atoms with Crippen LogP contribution in [0.15, 0.2) is 0 Å². The maximum absolute atomic E-state index is 11.5. The number of amides is 1. The first-order valence-corrected chi connectivity index (χ1v) is 5.56. The van der Waals surface area contributed by atoms with Crippen molar-refractivity contribution < 1.29 is 14.7 Å². The van der Waals surface area contributed by atoms with Crippen LogP contribution in [0.1, 0.15) is 46.5 Å². The Kier molecular flexibility index (Phi) is 6.75. The third kappa shape index (κ3) is 5.40. The third-order valence-corrected chi connectivity index (χ3v) is 2.46. The number of carbonyl (C=O) groups is 2. The van der Waals surface area contributed by atoms with Gasteiger partial charge in [-0.15, -0.1) is 0 Å². The summed E-state index contributed by atoms with van der Waals surface area (Å²) < 4.78 is 0. The van der Waals surface area contributed by atoms with Crippen LogP contribution in [0, 0.1) is 5.92 Å². The summed E-state index contributed by atoms with van der Waals surface area (Å²) in [5, 5.41) is 11.3. The van der Waals surface area contributed by atoms with Crippen LogP contribution in [0.2, 0.25) is 0 Å². The second-order valence-corrected chi connectivity index (χ2v) is 3.85. The summed E-state index contributed by atoms with van der Waals surface area (Å²) in [6.45, 7) is 5.64. The number of unbranched alkanes of at least 4 members (excludes halogenated alkanes) is 1. The van der Waals surface area contributed by atoms with E-state index in [1.165, 1.54) is 0 Å². The Morgan fingerprint density at radius 2 is 1.93 bits per heavy atom. The molecular weight excluding hydrogens is 194 g/mol. The second kappa shape index (κ2) is 7.26. The van der Waals surface area contributed by atoms with Crippen LogP contribution in [0.25, 0.3) is 0 Å². The van der Waals surface area contributed by atoms with Gasteiger partial charge in [-0.3, -0.25) is 4.79 Å². The normalized spacial score (nSPS) is 14.3. The van der Waals surface area contributed by atoms with Crippen LogP contribution in [0.4, 0.5) is 0 Å². The van der Waals surface area contributed by atoms with E-state index >= 15 is 0 Å². The Bertz CT molecular complexity index is 216. The Balaban J connectivity index is 4.04. The highest BCUT2D eigenvalue weighted by atomic mass is 16.4. The van der Waals surface area contributed by atoms with E-state index in [0.717, 1.165) is 19.3 Å². The highest BCUT2D eigenvalue weighted by Gasteiger charge is 2.20. The lowest BCUT2D eigenvalue weighted by Crippen LogP contribution is -2.42. The quantitative estimate of drug-likeness (QED) is 0.680. The largest absolute Gasteiger partial charge is 0.480 e. The molecule has 88 valence electrons. The molecule has 0 saturated carbocycles. The van der Waals surface area contributed by atoms with Crippen molar-refractivity contribution in [3.05, 3.63) is 0 Å². The van der Waals surface area contributed by atoms with Crippen molar-refractivity contribution in [2.45, 2.75) is 52.5 Å². The second-order valence-electron chi connectivity index (χ2n) is 3.85. The summed E-state index contributed by atoms with van der Waals surface area (Å²) >= 11 is 0. The van der Waals surface area contributed by atoms with Crippen LogP contribution in [-0.4, -0.2) is 23.0 Å². The smallest absolute Gasteiger partial charge is 0.326 e. The van der Waals surface area contributed by atoms with E-state index in [0.29, 0.717) is 6.42 Å². The van der Waals surface area contributed by atoms with Gasteiger partial charge in [0, 0.05) is 5.92 Å². The van der Waals surface area contributed by atoms with Crippen molar-refractivity contribution >= 4 is 11.9 Å². The molecule has 0 aliphatic carbocycles. The number of nitrogens with one attached hydrogen (secondary N) is 1. The van der Waals surface area contributed by atoms with Crippen molar-refractivity contribution in [3.8, 4) is 0 Å². The number of carboxylic acid groups (broad SMARTS) is 1. The molecule has 0 radical (unpaired) electrons. The predicted molar refractivity (Wildman–Crippen MR) is 58.5 cm³/mol. The first-order chi connectivity index (χ1) is 7.02. The minimum atomic E-state index is -0.964. The summed E-state index contributed by atoms with van der Waals surface area (Å²) in [5.74, 6) is -1.22. The van der Waals surface area contributed by atoms with E-state index in [9.17, 15) is 9.59 Å². The van der Waals surface area contributed by atoms with E-state index < -0.39 is 12.0 Å². The van der Waals surface area contributed by atoms with E-state index in [2.05, 4.69) is 12.2 Å². The van der Waals surface area contributed by atoms with Gasteiger partial charge in [0.25, 0.3) is 0 Å². The molecule has 0 bridgehead atoms. The molecule has 0 aliphatic rings. The van der Waals surface area contributed by atoms with E-state index in [1.807, 2.05) is 6.92 Å². The Hall–Kier alpha value is -1.06. The fourth-order valence-electron chi connectivity index (χ4n) is 1.29. The van der Waals surface area contributed by atoms with Crippen molar-refractivity contribution in [2.24, 2.45) is 5.92 Å². The van der Waals surface area contributed by atoms with E-state index in [4.69, 9.17) is 5.11 Å². The average Bonchev–Trinajstić information content (AvgIpc) is 2.21. The molecule has 0 aromatic heterocycles. The van der Waals surface area contributed by atoms with Crippen molar-refractivity contribution in [2.75, 3.05) is 0 Å².